The molecule has 5 nitrogen and oxygen atoms in total. The van der Waals surface area contributed by atoms with Gasteiger partial charge in [0.05, 0.1) is 11.3 Å². The van der Waals surface area contributed by atoms with E-state index in [1.807, 2.05) is 83.1 Å². The summed E-state index contributed by atoms with van der Waals surface area (Å²) in [4.78, 5) is 30.1. The maximum atomic E-state index is 13.0. The van der Waals surface area contributed by atoms with Crippen molar-refractivity contribution in [2.24, 2.45) is 0 Å². The van der Waals surface area contributed by atoms with E-state index in [0.717, 1.165) is 33.8 Å². The van der Waals surface area contributed by atoms with Crippen LogP contribution < -0.4 is 10.6 Å². The standard InChI is InChI=1S/C25H27N3O2S/c1-15-7-6-8-20(11-15)28-24(30)23-18(4)12-19(5)26-25(23)31-14-22(29)27-21-10-9-16(2)17(3)13-21/h6-13H,14H2,1-5H3,(H,27,29)(H,28,30). The maximum absolute atomic E-state index is 13.0. The van der Waals surface area contributed by atoms with Crippen molar-refractivity contribution in [1.29, 1.82) is 0 Å². The third kappa shape index (κ3) is 5.95. The maximum Gasteiger partial charge on any atom is 0.258 e. The number of nitrogens with zero attached hydrogens (tertiary/aromatic N) is 1. The number of benzene rings is 2. The first-order chi connectivity index (χ1) is 14.7. The zero-order valence-electron chi connectivity index (χ0n) is 18.5. The Labute approximate surface area is 187 Å². The first-order valence-corrected chi connectivity index (χ1v) is 11.1. The van der Waals surface area contributed by atoms with Gasteiger partial charge in [-0.2, -0.15) is 0 Å². The molecule has 0 saturated carbocycles. The zero-order chi connectivity index (χ0) is 22.5. The Balaban J connectivity index is 1.75. The number of anilines is 2. The van der Waals surface area contributed by atoms with Crippen LogP contribution in [0.3, 0.4) is 0 Å². The van der Waals surface area contributed by atoms with Gasteiger partial charge in [-0.15, -0.1) is 0 Å². The van der Waals surface area contributed by atoms with Crippen molar-refractivity contribution in [3.63, 3.8) is 0 Å². The minimum Gasteiger partial charge on any atom is -0.325 e. The fourth-order valence-electron chi connectivity index (χ4n) is 3.25. The van der Waals surface area contributed by atoms with Gasteiger partial charge in [0.2, 0.25) is 5.91 Å². The molecule has 31 heavy (non-hydrogen) atoms. The topological polar surface area (TPSA) is 71.1 Å². The second kappa shape index (κ2) is 9.79. The molecule has 0 aliphatic carbocycles. The van der Waals surface area contributed by atoms with Gasteiger partial charge in [0.15, 0.2) is 0 Å². The van der Waals surface area contributed by atoms with Gasteiger partial charge < -0.3 is 10.6 Å². The molecule has 0 radical (unpaired) electrons. The second-order valence-electron chi connectivity index (χ2n) is 7.72. The number of pyridine rings is 1. The predicted octanol–water partition coefficient (Wildman–Crippen LogP) is 5.61. The van der Waals surface area contributed by atoms with Crippen LogP contribution in [-0.2, 0) is 4.79 Å². The highest BCUT2D eigenvalue weighted by molar-refractivity contribution is 8.00. The normalized spacial score (nSPS) is 10.6. The van der Waals surface area contributed by atoms with Gasteiger partial charge in [-0.25, -0.2) is 4.98 Å². The Kier molecular flexibility index (Phi) is 7.13. The Morgan fingerprint density at radius 3 is 2.29 bits per heavy atom. The molecular formula is C25H27N3O2S. The Bertz CT molecular complexity index is 1140. The van der Waals surface area contributed by atoms with Gasteiger partial charge in [0.1, 0.15) is 5.03 Å². The molecule has 3 aromatic rings. The summed E-state index contributed by atoms with van der Waals surface area (Å²) in [7, 11) is 0. The van der Waals surface area contributed by atoms with Gasteiger partial charge in [0.25, 0.3) is 5.91 Å². The van der Waals surface area contributed by atoms with Crippen LogP contribution in [-0.4, -0.2) is 22.6 Å². The van der Waals surface area contributed by atoms with E-state index in [4.69, 9.17) is 0 Å². The molecular weight excluding hydrogens is 406 g/mol. The minimum absolute atomic E-state index is 0.140. The van der Waals surface area contributed by atoms with Gasteiger partial charge >= 0.3 is 0 Å². The lowest BCUT2D eigenvalue weighted by Gasteiger charge is -2.13. The number of amides is 2. The predicted molar refractivity (Wildman–Crippen MR) is 128 cm³/mol. The quantitative estimate of drug-likeness (QED) is 0.496. The average molecular weight is 434 g/mol. The third-order valence-corrected chi connectivity index (χ3v) is 5.92. The summed E-state index contributed by atoms with van der Waals surface area (Å²) in [5.74, 6) is -0.208. The number of aromatic nitrogens is 1. The largest absolute Gasteiger partial charge is 0.325 e. The lowest BCUT2D eigenvalue weighted by atomic mass is 10.1. The first kappa shape index (κ1) is 22.6. The van der Waals surface area contributed by atoms with Crippen molar-refractivity contribution >= 4 is 35.0 Å². The number of carbonyl (C=O) groups excluding carboxylic acids is 2. The van der Waals surface area contributed by atoms with E-state index in [-0.39, 0.29) is 17.6 Å². The Morgan fingerprint density at radius 1 is 0.839 bits per heavy atom. The molecule has 0 atom stereocenters. The first-order valence-electron chi connectivity index (χ1n) is 10.1. The molecule has 3 rings (SSSR count). The molecule has 0 unspecified atom stereocenters. The number of carbonyl (C=O) groups is 2. The summed E-state index contributed by atoms with van der Waals surface area (Å²) < 4.78 is 0. The van der Waals surface area contributed by atoms with Gasteiger partial charge in [0, 0.05) is 17.1 Å². The SMILES string of the molecule is Cc1cccc(NC(=O)c2c(C)cc(C)nc2SCC(=O)Nc2ccc(C)c(C)c2)c1. The third-order valence-electron chi connectivity index (χ3n) is 4.95. The highest BCUT2D eigenvalue weighted by atomic mass is 32.2. The molecule has 6 heteroatoms. The summed E-state index contributed by atoms with van der Waals surface area (Å²) in [5, 5.41) is 6.42. The fourth-order valence-corrected chi connectivity index (χ4v) is 4.20. The molecule has 160 valence electrons. The van der Waals surface area contributed by atoms with Gasteiger partial charge in [-0.3, -0.25) is 9.59 Å². The van der Waals surface area contributed by atoms with Crippen molar-refractivity contribution in [2.75, 3.05) is 16.4 Å². The van der Waals surface area contributed by atoms with E-state index >= 15 is 0 Å². The monoisotopic (exact) mass is 433 g/mol. The number of rotatable bonds is 6. The number of hydrogen-bond acceptors (Lipinski definition) is 4. The van der Waals surface area contributed by atoms with Crippen molar-refractivity contribution in [3.8, 4) is 0 Å². The molecule has 0 aliphatic heterocycles. The molecule has 1 aromatic heterocycles. The van der Waals surface area contributed by atoms with Crippen molar-refractivity contribution in [1.82, 2.24) is 4.98 Å². The van der Waals surface area contributed by atoms with Crippen LogP contribution in [0.4, 0.5) is 11.4 Å². The van der Waals surface area contributed by atoms with E-state index in [2.05, 4.69) is 15.6 Å². The smallest absolute Gasteiger partial charge is 0.258 e. The van der Waals surface area contributed by atoms with Crippen LogP contribution in [0.5, 0.6) is 0 Å². The Hall–Kier alpha value is -3.12. The van der Waals surface area contributed by atoms with Crippen LogP contribution >= 0.6 is 11.8 Å². The lowest BCUT2D eigenvalue weighted by Crippen LogP contribution is -2.18. The van der Waals surface area contributed by atoms with E-state index in [0.29, 0.717) is 10.6 Å². The van der Waals surface area contributed by atoms with Crippen LogP contribution in [0.15, 0.2) is 53.6 Å². The number of nitrogens with one attached hydrogen (secondary N) is 2. The second-order valence-corrected chi connectivity index (χ2v) is 8.68. The zero-order valence-corrected chi connectivity index (χ0v) is 19.3. The molecule has 1 heterocycles. The van der Waals surface area contributed by atoms with Crippen molar-refractivity contribution in [2.45, 2.75) is 39.6 Å². The van der Waals surface area contributed by atoms with Crippen LogP contribution in [0.2, 0.25) is 0 Å². The van der Waals surface area contributed by atoms with Crippen LogP contribution in [0, 0.1) is 34.6 Å². The van der Waals surface area contributed by atoms with Gasteiger partial charge in [-0.05, 0) is 87.2 Å². The number of thioether (sulfide) groups is 1. The summed E-state index contributed by atoms with van der Waals surface area (Å²) in [6, 6.07) is 15.3. The van der Waals surface area contributed by atoms with Crippen molar-refractivity contribution in [3.05, 3.63) is 82.0 Å². The molecule has 0 spiro atoms. The summed E-state index contributed by atoms with van der Waals surface area (Å²) in [5.41, 5.74) is 6.99. The highest BCUT2D eigenvalue weighted by Gasteiger charge is 2.18. The molecule has 0 bridgehead atoms. The molecule has 0 fully saturated rings. The van der Waals surface area contributed by atoms with Gasteiger partial charge in [-0.1, -0.05) is 30.0 Å². The number of aryl methyl sites for hydroxylation is 5. The van der Waals surface area contributed by atoms with Crippen LogP contribution in [0.25, 0.3) is 0 Å². The van der Waals surface area contributed by atoms with E-state index < -0.39 is 0 Å². The molecule has 0 saturated heterocycles. The van der Waals surface area contributed by atoms with E-state index in [9.17, 15) is 9.59 Å². The molecule has 2 aromatic carbocycles. The van der Waals surface area contributed by atoms with E-state index in [1.54, 1.807) is 0 Å². The van der Waals surface area contributed by atoms with Crippen molar-refractivity contribution < 1.29 is 9.59 Å². The lowest BCUT2D eigenvalue weighted by molar-refractivity contribution is -0.113. The summed E-state index contributed by atoms with van der Waals surface area (Å²) in [6.07, 6.45) is 0. The average Bonchev–Trinajstić information content (AvgIpc) is 2.68. The van der Waals surface area contributed by atoms with Crippen LogP contribution in [0.1, 0.15) is 38.3 Å². The molecule has 0 aliphatic rings. The highest BCUT2D eigenvalue weighted by Crippen LogP contribution is 2.26. The van der Waals surface area contributed by atoms with E-state index in [1.165, 1.54) is 17.3 Å². The minimum atomic E-state index is -0.229. The summed E-state index contributed by atoms with van der Waals surface area (Å²) >= 11 is 1.27. The Morgan fingerprint density at radius 2 is 1.58 bits per heavy atom. The molecule has 2 amide bonds. The summed E-state index contributed by atoms with van der Waals surface area (Å²) in [6.45, 7) is 9.79. The number of hydrogen-bond donors (Lipinski definition) is 2. The molecule has 2 N–H and O–H groups in total. The fraction of sp³-hybridized carbons (Fsp3) is 0.240.